The first-order valence-corrected chi connectivity index (χ1v) is 8.94. The normalized spacial score (nSPS) is 13.8. The van der Waals surface area contributed by atoms with E-state index < -0.39 is 28.2 Å². The SMILES string of the molecule is CN1C(=O)Cc2cc(S(=O)(=O)NCC(=O)c3ccc(F)cc3)ccc21. The third-order valence-electron chi connectivity index (χ3n) is 4.03. The van der Waals surface area contributed by atoms with Crippen LogP contribution in [0.15, 0.2) is 47.4 Å². The molecule has 0 saturated carbocycles. The van der Waals surface area contributed by atoms with E-state index in [4.69, 9.17) is 0 Å². The summed E-state index contributed by atoms with van der Waals surface area (Å²) < 4.78 is 39.8. The van der Waals surface area contributed by atoms with Gasteiger partial charge in [-0.3, -0.25) is 9.59 Å². The fourth-order valence-corrected chi connectivity index (χ4v) is 3.63. The summed E-state index contributed by atoms with van der Waals surface area (Å²) in [7, 11) is -2.28. The number of rotatable bonds is 5. The van der Waals surface area contributed by atoms with Gasteiger partial charge >= 0.3 is 0 Å². The van der Waals surface area contributed by atoms with Crippen LogP contribution in [0, 0.1) is 5.82 Å². The fourth-order valence-electron chi connectivity index (χ4n) is 2.60. The van der Waals surface area contributed by atoms with E-state index in [0.717, 1.165) is 12.1 Å². The summed E-state index contributed by atoms with van der Waals surface area (Å²) in [5, 5.41) is 0. The molecule has 0 fully saturated rings. The molecule has 2 aromatic carbocycles. The minimum Gasteiger partial charge on any atom is -0.315 e. The van der Waals surface area contributed by atoms with Crippen molar-refractivity contribution in [1.82, 2.24) is 4.72 Å². The van der Waals surface area contributed by atoms with Gasteiger partial charge in [0.1, 0.15) is 5.82 Å². The van der Waals surface area contributed by atoms with Crippen LogP contribution in [0.2, 0.25) is 0 Å². The molecular weight excluding hydrogens is 347 g/mol. The maximum atomic E-state index is 12.9. The van der Waals surface area contributed by atoms with Crippen LogP contribution in [0.25, 0.3) is 0 Å². The predicted molar refractivity (Wildman–Crippen MR) is 89.5 cm³/mol. The Kier molecular flexibility index (Phi) is 4.40. The number of likely N-dealkylation sites (N-methyl/N-ethyl adjacent to an activating group) is 1. The van der Waals surface area contributed by atoms with Crippen LogP contribution in [-0.2, 0) is 21.2 Å². The first kappa shape index (κ1) is 17.2. The molecule has 1 heterocycles. The van der Waals surface area contributed by atoms with Gasteiger partial charge in [0.15, 0.2) is 5.78 Å². The Morgan fingerprint density at radius 1 is 1.20 bits per heavy atom. The van der Waals surface area contributed by atoms with Crippen LogP contribution >= 0.6 is 0 Å². The highest BCUT2D eigenvalue weighted by atomic mass is 32.2. The summed E-state index contributed by atoms with van der Waals surface area (Å²) in [6.07, 6.45) is 0.143. The Bertz CT molecular complexity index is 955. The monoisotopic (exact) mass is 362 g/mol. The van der Waals surface area contributed by atoms with Gasteiger partial charge in [0.05, 0.1) is 17.9 Å². The van der Waals surface area contributed by atoms with Gasteiger partial charge in [-0.2, -0.15) is 0 Å². The summed E-state index contributed by atoms with van der Waals surface area (Å²) in [5.74, 6) is -1.06. The molecule has 130 valence electrons. The maximum Gasteiger partial charge on any atom is 0.240 e. The van der Waals surface area contributed by atoms with Crippen LogP contribution in [-0.4, -0.2) is 33.7 Å². The summed E-state index contributed by atoms with van der Waals surface area (Å²) in [6.45, 7) is -0.441. The molecule has 3 rings (SSSR count). The number of nitrogens with zero attached hydrogens (tertiary/aromatic N) is 1. The standard InChI is InChI=1S/C17H15FN2O4S/c1-20-15-7-6-14(8-12(15)9-17(20)22)25(23,24)19-10-16(21)11-2-4-13(18)5-3-11/h2-8,19H,9-10H2,1H3. The zero-order chi connectivity index (χ0) is 18.2. The Morgan fingerprint density at radius 2 is 1.88 bits per heavy atom. The molecule has 1 N–H and O–H groups in total. The van der Waals surface area contributed by atoms with Gasteiger partial charge in [0.25, 0.3) is 0 Å². The quantitative estimate of drug-likeness (QED) is 0.817. The van der Waals surface area contributed by atoms with Crippen molar-refractivity contribution in [2.75, 3.05) is 18.5 Å². The number of hydrogen-bond donors (Lipinski definition) is 1. The lowest BCUT2D eigenvalue weighted by Crippen LogP contribution is -2.29. The van der Waals surface area contributed by atoms with Gasteiger partial charge in [-0.25, -0.2) is 17.5 Å². The third kappa shape index (κ3) is 3.45. The molecule has 0 bridgehead atoms. The second-order valence-electron chi connectivity index (χ2n) is 5.67. The zero-order valence-corrected chi connectivity index (χ0v) is 14.1. The number of benzene rings is 2. The van der Waals surface area contributed by atoms with Crippen molar-refractivity contribution in [2.24, 2.45) is 0 Å². The molecule has 2 aromatic rings. The van der Waals surface area contributed by atoms with Gasteiger partial charge in [-0.15, -0.1) is 0 Å². The maximum absolute atomic E-state index is 12.9. The summed E-state index contributed by atoms with van der Waals surface area (Å²) in [6, 6.07) is 9.24. The lowest BCUT2D eigenvalue weighted by molar-refractivity contribution is -0.117. The predicted octanol–water partition coefficient (Wildman–Crippen LogP) is 1.51. The van der Waals surface area contributed by atoms with Crippen LogP contribution in [0.3, 0.4) is 0 Å². The Balaban J connectivity index is 1.74. The number of sulfonamides is 1. The van der Waals surface area contributed by atoms with Crippen LogP contribution < -0.4 is 9.62 Å². The number of carbonyl (C=O) groups excluding carboxylic acids is 2. The van der Waals surface area contributed by atoms with Crippen molar-refractivity contribution >= 4 is 27.4 Å². The molecule has 0 atom stereocenters. The van der Waals surface area contributed by atoms with Crippen molar-refractivity contribution in [3.8, 4) is 0 Å². The Hall–Kier alpha value is -2.58. The average Bonchev–Trinajstić information content (AvgIpc) is 2.87. The number of nitrogens with one attached hydrogen (secondary N) is 1. The molecule has 0 unspecified atom stereocenters. The van der Waals surface area contributed by atoms with E-state index in [1.165, 1.54) is 29.2 Å². The van der Waals surface area contributed by atoms with Crippen LogP contribution in [0.1, 0.15) is 15.9 Å². The average molecular weight is 362 g/mol. The molecular formula is C17H15FN2O4S. The lowest BCUT2D eigenvalue weighted by Gasteiger charge is -2.11. The van der Waals surface area contributed by atoms with E-state index in [-0.39, 0.29) is 22.8 Å². The highest BCUT2D eigenvalue weighted by Gasteiger charge is 2.26. The van der Waals surface area contributed by atoms with E-state index in [0.29, 0.717) is 11.3 Å². The summed E-state index contributed by atoms with van der Waals surface area (Å²) >= 11 is 0. The highest BCUT2D eigenvalue weighted by Crippen LogP contribution is 2.29. The highest BCUT2D eigenvalue weighted by molar-refractivity contribution is 7.89. The number of carbonyl (C=O) groups is 2. The number of amides is 1. The summed E-state index contributed by atoms with van der Waals surface area (Å²) in [4.78, 5) is 25.1. The second-order valence-corrected chi connectivity index (χ2v) is 7.44. The van der Waals surface area contributed by atoms with Gasteiger partial charge < -0.3 is 4.90 Å². The smallest absolute Gasteiger partial charge is 0.240 e. The van der Waals surface area contributed by atoms with Crippen molar-refractivity contribution in [2.45, 2.75) is 11.3 Å². The van der Waals surface area contributed by atoms with Gasteiger partial charge in [-0.1, -0.05) is 0 Å². The minimum absolute atomic E-state index is 0.0127. The number of ketones is 1. The largest absolute Gasteiger partial charge is 0.315 e. The van der Waals surface area contributed by atoms with Gasteiger partial charge in [0, 0.05) is 18.3 Å². The van der Waals surface area contributed by atoms with Crippen molar-refractivity contribution in [3.63, 3.8) is 0 Å². The molecule has 1 amide bonds. The molecule has 0 spiro atoms. The molecule has 0 saturated heterocycles. The van der Waals surface area contributed by atoms with E-state index in [2.05, 4.69) is 4.72 Å². The molecule has 1 aliphatic heterocycles. The Morgan fingerprint density at radius 3 is 2.56 bits per heavy atom. The first-order valence-electron chi connectivity index (χ1n) is 7.46. The van der Waals surface area contributed by atoms with Crippen molar-refractivity contribution in [1.29, 1.82) is 0 Å². The molecule has 0 radical (unpaired) electrons. The number of Topliss-reactive ketones (excluding diaryl/α,β-unsaturated/α-hetero) is 1. The van der Waals surface area contributed by atoms with Gasteiger partial charge in [-0.05, 0) is 48.0 Å². The minimum atomic E-state index is -3.90. The number of fused-ring (bicyclic) bond motifs is 1. The van der Waals surface area contributed by atoms with Crippen LogP contribution in [0.5, 0.6) is 0 Å². The zero-order valence-electron chi connectivity index (χ0n) is 13.3. The van der Waals surface area contributed by atoms with E-state index in [9.17, 15) is 22.4 Å². The number of halogens is 1. The number of anilines is 1. The molecule has 8 heteroatoms. The lowest BCUT2D eigenvalue weighted by atomic mass is 10.1. The first-order chi connectivity index (χ1) is 11.8. The topological polar surface area (TPSA) is 83.6 Å². The Labute approximate surface area is 144 Å². The molecule has 0 aliphatic carbocycles. The van der Waals surface area contributed by atoms with Crippen molar-refractivity contribution < 1.29 is 22.4 Å². The van der Waals surface area contributed by atoms with E-state index >= 15 is 0 Å². The summed E-state index contributed by atoms with van der Waals surface area (Å²) in [5.41, 5.74) is 1.51. The van der Waals surface area contributed by atoms with Crippen molar-refractivity contribution in [3.05, 3.63) is 59.4 Å². The van der Waals surface area contributed by atoms with E-state index in [1.807, 2.05) is 0 Å². The molecule has 6 nitrogen and oxygen atoms in total. The fraction of sp³-hybridized carbons (Fsp3) is 0.176. The van der Waals surface area contributed by atoms with E-state index in [1.54, 1.807) is 13.1 Å². The van der Waals surface area contributed by atoms with Crippen LogP contribution in [0.4, 0.5) is 10.1 Å². The van der Waals surface area contributed by atoms with Gasteiger partial charge in [0.2, 0.25) is 15.9 Å². The number of hydrogen-bond acceptors (Lipinski definition) is 4. The molecule has 0 aromatic heterocycles. The second kappa shape index (κ2) is 6.38. The third-order valence-corrected chi connectivity index (χ3v) is 5.43. The molecule has 1 aliphatic rings. The molecule has 25 heavy (non-hydrogen) atoms.